The van der Waals surface area contributed by atoms with Gasteiger partial charge in [-0.1, -0.05) is 12.1 Å². The molecular formula is C19H17FO4. The normalized spacial score (nSPS) is 11.0. The van der Waals surface area contributed by atoms with E-state index in [1.807, 2.05) is 13.8 Å². The minimum Gasteiger partial charge on any atom is -0.491 e. The van der Waals surface area contributed by atoms with Crippen molar-refractivity contribution in [2.45, 2.75) is 26.9 Å². The monoisotopic (exact) mass is 328 g/mol. The highest BCUT2D eigenvalue weighted by Gasteiger charge is 2.16. The summed E-state index contributed by atoms with van der Waals surface area (Å²) in [7, 11) is 0. The van der Waals surface area contributed by atoms with Gasteiger partial charge in [0.2, 0.25) is 11.2 Å². The second kappa shape index (κ2) is 6.35. The van der Waals surface area contributed by atoms with E-state index in [1.54, 1.807) is 37.3 Å². The van der Waals surface area contributed by atoms with E-state index in [9.17, 15) is 9.18 Å². The lowest BCUT2D eigenvalue weighted by molar-refractivity contribution is 0.242. The van der Waals surface area contributed by atoms with Crippen LogP contribution in [0.25, 0.3) is 11.0 Å². The number of benzene rings is 2. The predicted molar refractivity (Wildman–Crippen MR) is 89.5 cm³/mol. The first kappa shape index (κ1) is 16.1. The van der Waals surface area contributed by atoms with Crippen molar-refractivity contribution < 1.29 is 18.3 Å². The summed E-state index contributed by atoms with van der Waals surface area (Å²) in [5.74, 6) is 0.300. The van der Waals surface area contributed by atoms with Crippen LogP contribution in [0, 0.1) is 12.7 Å². The van der Waals surface area contributed by atoms with Crippen molar-refractivity contribution in [3.63, 3.8) is 0 Å². The topological polar surface area (TPSA) is 48.7 Å². The van der Waals surface area contributed by atoms with Crippen molar-refractivity contribution in [3.05, 3.63) is 64.3 Å². The Morgan fingerprint density at radius 1 is 1.12 bits per heavy atom. The van der Waals surface area contributed by atoms with E-state index in [4.69, 9.17) is 13.9 Å². The molecule has 0 aliphatic rings. The summed E-state index contributed by atoms with van der Waals surface area (Å²) in [6.45, 7) is 5.43. The molecule has 4 nitrogen and oxygen atoms in total. The van der Waals surface area contributed by atoms with Crippen LogP contribution in [-0.2, 0) is 0 Å². The molecule has 0 atom stereocenters. The number of ether oxygens (including phenoxy) is 2. The molecule has 3 aromatic rings. The van der Waals surface area contributed by atoms with Gasteiger partial charge in [-0.15, -0.1) is 0 Å². The molecule has 0 N–H and O–H groups in total. The van der Waals surface area contributed by atoms with Crippen molar-refractivity contribution in [2.24, 2.45) is 0 Å². The molecule has 1 aromatic heterocycles. The Morgan fingerprint density at radius 2 is 1.88 bits per heavy atom. The molecule has 0 aliphatic carbocycles. The first-order valence-electron chi connectivity index (χ1n) is 7.62. The van der Waals surface area contributed by atoms with Crippen molar-refractivity contribution >= 4 is 11.0 Å². The van der Waals surface area contributed by atoms with Crippen molar-refractivity contribution in [2.75, 3.05) is 0 Å². The second-order valence-corrected chi connectivity index (χ2v) is 5.67. The van der Waals surface area contributed by atoms with Gasteiger partial charge in [-0.05, 0) is 45.0 Å². The molecule has 0 bridgehead atoms. The van der Waals surface area contributed by atoms with Gasteiger partial charge in [-0.2, -0.15) is 0 Å². The van der Waals surface area contributed by atoms with Gasteiger partial charge in [0.1, 0.15) is 17.1 Å². The number of hydrogen-bond donors (Lipinski definition) is 0. The number of hydrogen-bond acceptors (Lipinski definition) is 4. The Balaban J connectivity index is 2.07. The fourth-order valence-corrected chi connectivity index (χ4v) is 2.37. The predicted octanol–water partition coefficient (Wildman–Crippen LogP) is 4.82. The number of para-hydroxylation sites is 1. The van der Waals surface area contributed by atoms with E-state index in [2.05, 4.69) is 0 Å². The zero-order valence-electron chi connectivity index (χ0n) is 13.6. The standard InChI is InChI=1S/C19H17FO4/c1-11(2)22-13-8-9-14-17(10-13)23-12(3)19(18(14)21)24-16-7-5-4-6-15(16)20/h4-11H,1-3H3. The molecule has 0 spiro atoms. The van der Waals surface area contributed by atoms with Gasteiger partial charge in [0.15, 0.2) is 11.6 Å². The van der Waals surface area contributed by atoms with Crippen molar-refractivity contribution in [3.8, 4) is 17.2 Å². The first-order valence-corrected chi connectivity index (χ1v) is 7.62. The SMILES string of the molecule is Cc1oc2cc(OC(C)C)ccc2c(=O)c1Oc1ccccc1F. The van der Waals surface area contributed by atoms with E-state index >= 15 is 0 Å². The lowest BCUT2D eigenvalue weighted by Crippen LogP contribution is -2.09. The minimum atomic E-state index is -0.544. The van der Waals surface area contributed by atoms with Gasteiger partial charge in [0.25, 0.3) is 0 Å². The van der Waals surface area contributed by atoms with Gasteiger partial charge < -0.3 is 13.9 Å². The summed E-state index contributed by atoms with van der Waals surface area (Å²) in [4.78, 5) is 12.7. The molecule has 124 valence electrons. The number of fused-ring (bicyclic) bond motifs is 1. The van der Waals surface area contributed by atoms with Crippen LogP contribution in [0.5, 0.6) is 17.2 Å². The fraction of sp³-hybridized carbons (Fsp3) is 0.211. The summed E-state index contributed by atoms with van der Waals surface area (Å²) in [6.07, 6.45) is 0.0129. The van der Waals surface area contributed by atoms with E-state index in [-0.39, 0.29) is 28.8 Å². The summed E-state index contributed by atoms with van der Waals surface area (Å²) < 4.78 is 30.5. The van der Waals surface area contributed by atoms with Gasteiger partial charge in [0.05, 0.1) is 11.5 Å². The molecule has 24 heavy (non-hydrogen) atoms. The number of halogens is 1. The van der Waals surface area contributed by atoms with Gasteiger partial charge in [-0.25, -0.2) is 4.39 Å². The van der Waals surface area contributed by atoms with Crippen LogP contribution in [0.3, 0.4) is 0 Å². The molecule has 0 amide bonds. The molecule has 0 saturated heterocycles. The Labute approximate surface area is 138 Å². The third kappa shape index (κ3) is 3.11. The Hall–Kier alpha value is -2.82. The van der Waals surface area contributed by atoms with Crippen LogP contribution in [-0.4, -0.2) is 6.10 Å². The van der Waals surface area contributed by atoms with Crippen LogP contribution < -0.4 is 14.9 Å². The van der Waals surface area contributed by atoms with E-state index in [0.717, 1.165) is 0 Å². The summed E-state index contributed by atoms with van der Waals surface area (Å²) in [6, 6.07) is 10.9. The Bertz CT molecular complexity index is 944. The molecule has 5 heteroatoms. The van der Waals surface area contributed by atoms with Crippen LogP contribution in [0.4, 0.5) is 4.39 Å². The zero-order chi connectivity index (χ0) is 17.3. The van der Waals surface area contributed by atoms with E-state index in [1.165, 1.54) is 12.1 Å². The number of rotatable bonds is 4. The third-order valence-electron chi connectivity index (χ3n) is 3.41. The highest BCUT2D eigenvalue weighted by atomic mass is 19.1. The zero-order valence-corrected chi connectivity index (χ0v) is 13.6. The molecule has 2 aromatic carbocycles. The lowest BCUT2D eigenvalue weighted by atomic mass is 10.2. The molecule has 0 radical (unpaired) electrons. The van der Waals surface area contributed by atoms with Crippen molar-refractivity contribution in [1.82, 2.24) is 0 Å². The van der Waals surface area contributed by atoms with Crippen LogP contribution in [0.2, 0.25) is 0 Å². The maximum absolute atomic E-state index is 13.8. The molecule has 0 fully saturated rings. The average Bonchev–Trinajstić information content (AvgIpc) is 2.52. The molecule has 0 unspecified atom stereocenters. The van der Waals surface area contributed by atoms with E-state index < -0.39 is 5.82 Å². The molecule has 1 heterocycles. The molecule has 0 saturated carbocycles. The fourth-order valence-electron chi connectivity index (χ4n) is 2.37. The largest absolute Gasteiger partial charge is 0.491 e. The Kier molecular flexibility index (Phi) is 4.25. The third-order valence-corrected chi connectivity index (χ3v) is 3.41. The first-order chi connectivity index (χ1) is 11.5. The van der Waals surface area contributed by atoms with Gasteiger partial charge >= 0.3 is 0 Å². The van der Waals surface area contributed by atoms with Crippen LogP contribution in [0.1, 0.15) is 19.6 Å². The summed E-state index contributed by atoms with van der Waals surface area (Å²) in [5, 5.41) is 0.350. The van der Waals surface area contributed by atoms with E-state index in [0.29, 0.717) is 16.7 Å². The average molecular weight is 328 g/mol. The quantitative estimate of drug-likeness (QED) is 0.689. The molecule has 0 aliphatic heterocycles. The molecule has 3 rings (SSSR count). The summed E-state index contributed by atoms with van der Waals surface area (Å²) in [5.41, 5.74) is 0.0460. The number of aryl methyl sites for hydroxylation is 1. The van der Waals surface area contributed by atoms with Gasteiger partial charge in [0, 0.05) is 6.07 Å². The highest BCUT2D eigenvalue weighted by Crippen LogP contribution is 2.28. The van der Waals surface area contributed by atoms with Crippen LogP contribution in [0.15, 0.2) is 51.7 Å². The maximum atomic E-state index is 13.8. The second-order valence-electron chi connectivity index (χ2n) is 5.67. The maximum Gasteiger partial charge on any atom is 0.235 e. The smallest absolute Gasteiger partial charge is 0.235 e. The highest BCUT2D eigenvalue weighted by molar-refractivity contribution is 5.79. The van der Waals surface area contributed by atoms with Gasteiger partial charge in [-0.3, -0.25) is 4.79 Å². The molecular weight excluding hydrogens is 311 g/mol. The van der Waals surface area contributed by atoms with Crippen LogP contribution >= 0.6 is 0 Å². The Morgan fingerprint density at radius 3 is 2.58 bits per heavy atom. The summed E-state index contributed by atoms with van der Waals surface area (Å²) >= 11 is 0. The lowest BCUT2D eigenvalue weighted by Gasteiger charge is -2.12. The minimum absolute atomic E-state index is 0.0129. The van der Waals surface area contributed by atoms with Crippen molar-refractivity contribution in [1.29, 1.82) is 0 Å².